The zero-order valence-electron chi connectivity index (χ0n) is 19.5. The molecule has 1 amide bonds. The predicted octanol–water partition coefficient (Wildman–Crippen LogP) is 2.21. The highest BCUT2D eigenvalue weighted by Crippen LogP contribution is 2.40. The lowest BCUT2D eigenvalue weighted by Gasteiger charge is -2.33. The summed E-state index contributed by atoms with van der Waals surface area (Å²) in [6.07, 6.45) is 7.16. The number of benzene rings is 1. The molecule has 3 fully saturated rings. The first-order chi connectivity index (χ1) is 16.7. The maximum Gasteiger partial charge on any atom is 0.223 e. The van der Waals surface area contributed by atoms with Gasteiger partial charge in [0, 0.05) is 44.0 Å². The van der Waals surface area contributed by atoms with E-state index in [0.717, 1.165) is 50.9 Å². The van der Waals surface area contributed by atoms with E-state index in [1.165, 1.54) is 11.6 Å². The third-order valence-corrected chi connectivity index (χ3v) is 7.49. The number of carbonyl (C=O) groups is 1. The summed E-state index contributed by atoms with van der Waals surface area (Å²) < 4.78 is 19.3. The fourth-order valence-corrected chi connectivity index (χ4v) is 5.66. The Kier molecular flexibility index (Phi) is 7.49. The normalized spacial score (nSPS) is 29.9. The number of pyridine rings is 1. The average Bonchev–Trinajstić information content (AvgIpc) is 3.15. The molecule has 2 aromatic rings. The van der Waals surface area contributed by atoms with Crippen molar-refractivity contribution in [3.05, 3.63) is 65.7 Å². The van der Waals surface area contributed by atoms with Gasteiger partial charge in [-0.05, 0) is 67.0 Å². The van der Waals surface area contributed by atoms with Gasteiger partial charge in [-0.25, -0.2) is 9.82 Å². The Morgan fingerprint density at radius 3 is 2.94 bits per heavy atom. The van der Waals surface area contributed by atoms with Crippen LogP contribution in [0, 0.1) is 17.7 Å². The monoisotopic (exact) mass is 467 g/mol. The van der Waals surface area contributed by atoms with Crippen LogP contribution in [-0.4, -0.2) is 60.7 Å². The molecule has 7 nitrogen and oxygen atoms in total. The summed E-state index contributed by atoms with van der Waals surface area (Å²) in [5.74, 6) is 0.325. The second-order valence-electron chi connectivity index (χ2n) is 9.79. The van der Waals surface area contributed by atoms with Crippen LogP contribution in [0.15, 0.2) is 48.8 Å². The van der Waals surface area contributed by atoms with Crippen molar-refractivity contribution in [3.63, 3.8) is 0 Å². The molecule has 8 heteroatoms. The molecule has 0 radical (unpaired) electrons. The first-order valence-corrected chi connectivity index (χ1v) is 12.4. The van der Waals surface area contributed by atoms with Gasteiger partial charge in [0.15, 0.2) is 0 Å². The molecular formula is C26H34FN5O2. The Balaban J connectivity index is 1.15. The molecule has 1 aliphatic carbocycles. The zero-order chi connectivity index (χ0) is 23.3. The van der Waals surface area contributed by atoms with E-state index < -0.39 is 0 Å². The van der Waals surface area contributed by atoms with Gasteiger partial charge in [-0.3, -0.25) is 20.1 Å². The van der Waals surface area contributed by atoms with Crippen LogP contribution in [0.4, 0.5) is 4.39 Å². The number of ether oxygens (including phenoxy) is 1. The van der Waals surface area contributed by atoms with Crippen LogP contribution in [0.2, 0.25) is 0 Å². The number of rotatable bonds is 6. The smallest absolute Gasteiger partial charge is 0.223 e. The molecule has 2 aliphatic heterocycles. The quantitative estimate of drug-likeness (QED) is 0.605. The van der Waals surface area contributed by atoms with E-state index in [1.54, 1.807) is 12.1 Å². The number of hydrazine groups is 1. The van der Waals surface area contributed by atoms with E-state index >= 15 is 0 Å². The van der Waals surface area contributed by atoms with Crippen molar-refractivity contribution in [2.24, 2.45) is 11.8 Å². The number of fused-ring (bicyclic) bond motifs is 1. The van der Waals surface area contributed by atoms with E-state index in [2.05, 4.69) is 26.1 Å². The molecule has 0 bridgehead atoms. The van der Waals surface area contributed by atoms with Crippen LogP contribution in [-0.2, 0) is 16.0 Å². The van der Waals surface area contributed by atoms with Gasteiger partial charge in [-0.1, -0.05) is 12.1 Å². The number of aromatic nitrogens is 1. The number of nitrogens with one attached hydrogen (secondary N) is 3. The third-order valence-electron chi connectivity index (χ3n) is 7.49. The molecule has 5 atom stereocenters. The standard InChI is InChI=1S/C26H34FN5O2/c27-21-3-1-2-18(14-21)8-11-32-12-13-34-17-22(16-32)29-26(33)20-4-5-24-23(15-20)25(31-30-24)19-6-9-28-10-7-19/h1-3,6-7,9-10,14,20,22-25,30-31H,4-5,8,11-13,15-17H2,(H,29,33). The van der Waals surface area contributed by atoms with Gasteiger partial charge < -0.3 is 10.1 Å². The fraction of sp³-hybridized carbons (Fsp3) is 0.538. The molecule has 3 aliphatic rings. The molecular weight excluding hydrogens is 433 g/mol. The van der Waals surface area contributed by atoms with Crippen LogP contribution < -0.4 is 16.2 Å². The van der Waals surface area contributed by atoms with Crippen molar-refractivity contribution in [3.8, 4) is 0 Å². The van der Waals surface area contributed by atoms with Gasteiger partial charge in [0.05, 0.1) is 25.3 Å². The molecule has 5 unspecified atom stereocenters. The number of nitrogens with zero attached hydrogens (tertiary/aromatic N) is 2. The Labute approximate surface area is 200 Å². The van der Waals surface area contributed by atoms with E-state index in [4.69, 9.17) is 4.74 Å². The van der Waals surface area contributed by atoms with E-state index in [1.807, 2.05) is 30.6 Å². The van der Waals surface area contributed by atoms with Gasteiger partial charge >= 0.3 is 0 Å². The fourth-order valence-electron chi connectivity index (χ4n) is 5.66. The van der Waals surface area contributed by atoms with Crippen LogP contribution in [0.25, 0.3) is 0 Å². The number of halogens is 1. The first-order valence-electron chi connectivity index (χ1n) is 12.4. The van der Waals surface area contributed by atoms with Crippen molar-refractivity contribution in [1.82, 2.24) is 26.1 Å². The molecule has 34 heavy (non-hydrogen) atoms. The zero-order valence-corrected chi connectivity index (χ0v) is 19.5. The molecule has 182 valence electrons. The molecule has 2 saturated heterocycles. The summed E-state index contributed by atoms with van der Waals surface area (Å²) in [6.45, 7) is 3.57. The highest BCUT2D eigenvalue weighted by Gasteiger charge is 2.43. The Morgan fingerprint density at radius 2 is 2.09 bits per heavy atom. The number of hydrogen-bond acceptors (Lipinski definition) is 6. The summed E-state index contributed by atoms with van der Waals surface area (Å²) in [7, 11) is 0. The molecule has 1 aromatic carbocycles. The summed E-state index contributed by atoms with van der Waals surface area (Å²) in [6, 6.07) is 11.4. The minimum absolute atomic E-state index is 0.0104. The number of hydrogen-bond donors (Lipinski definition) is 3. The van der Waals surface area contributed by atoms with E-state index in [-0.39, 0.29) is 29.7 Å². The molecule has 0 spiro atoms. The van der Waals surface area contributed by atoms with Gasteiger partial charge in [0.25, 0.3) is 0 Å². The van der Waals surface area contributed by atoms with Crippen LogP contribution in [0.1, 0.15) is 36.4 Å². The number of amides is 1. The molecule has 5 rings (SSSR count). The molecule has 1 aromatic heterocycles. The van der Waals surface area contributed by atoms with Crippen molar-refractivity contribution < 1.29 is 13.9 Å². The second kappa shape index (κ2) is 10.9. The van der Waals surface area contributed by atoms with Crippen molar-refractivity contribution >= 4 is 5.91 Å². The molecule has 3 heterocycles. The van der Waals surface area contributed by atoms with Crippen molar-refractivity contribution in [2.45, 2.75) is 43.8 Å². The summed E-state index contributed by atoms with van der Waals surface area (Å²) in [5, 5.41) is 3.28. The maximum atomic E-state index is 13.5. The second-order valence-corrected chi connectivity index (χ2v) is 9.79. The van der Waals surface area contributed by atoms with Gasteiger partial charge in [0.2, 0.25) is 5.91 Å². The first kappa shape index (κ1) is 23.4. The van der Waals surface area contributed by atoms with Gasteiger partial charge in [0.1, 0.15) is 5.82 Å². The van der Waals surface area contributed by atoms with Crippen LogP contribution in [0.5, 0.6) is 0 Å². The Morgan fingerprint density at radius 1 is 1.21 bits per heavy atom. The summed E-state index contributed by atoms with van der Waals surface area (Å²) in [4.78, 5) is 19.7. The summed E-state index contributed by atoms with van der Waals surface area (Å²) >= 11 is 0. The lowest BCUT2D eigenvalue weighted by molar-refractivity contribution is -0.127. The largest absolute Gasteiger partial charge is 0.378 e. The molecule has 1 saturated carbocycles. The highest BCUT2D eigenvalue weighted by atomic mass is 19.1. The van der Waals surface area contributed by atoms with Gasteiger partial charge in [-0.2, -0.15) is 0 Å². The highest BCUT2D eigenvalue weighted by molar-refractivity contribution is 5.79. The predicted molar refractivity (Wildman–Crippen MR) is 127 cm³/mol. The maximum absolute atomic E-state index is 13.5. The van der Waals surface area contributed by atoms with Crippen LogP contribution in [0.3, 0.4) is 0 Å². The van der Waals surface area contributed by atoms with E-state index in [0.29, 0.717) is 25.2 Å². The van der Waals surface area contributed by atoms with Crippen LogP contribution >= 0.6 is 0 Å². The number of carbonyl (C=O) groups excluding carboxylic acids is 1. The third kappa shape index (κ3) is 5.63. The van der Waals surface area contributed by atoms with E-state index in [9.17, 15) is 9.18 Å². The Hall–Kier alpha value is -2.39. The Bertz CT molecular complexity index is 961. The topological polar surface area (TPSA) is 78.5 Å². The summed E-state index contributed by atoms with van der Waals surface area (Å²) in [5.41, 5.74) is 9.08. The lowest BCUT2D eigenvalue weighted by atomic mass is 9.74. The molecule has 3 N–H and O–H groups in total. The SMILES string of the molecule is O=C(NC1COCCN(CCc2cccc(F)c2)C1)C1CCC2NNC(c3ccncc3)C2C1. The average molecular weight is 468 g/mol. The van der Waals surface area contributed by atoms with Crippen molar-refractivity contribution in [2.75, 3.05) is 32.8 Å². The van der Waals surface area contributed by atoms with Gasteiger partial charge in [-0.15, -0.1) is 0 Å². The lowest BCUT2D eigenvalue weighted by Crippen LogP contribution is -2.48. The minimum Gasteiger partial charge on any atom is -0.378 e. The minimum atomic E-state index is -0.199. The van der Waals surface area contributed by atoms with Crippen molar-refractivity contribution in [1.29, 1.82) is 0 Å².